The monoisotopic (exact) mass is 211 g/mol. The van der Waals surface area contributed by atoms with Gasteiger partial charge in [0, 0.05) is 7.11 Å². The molecule has 0 rings (SSSR count). The predicted molar refractivity (Wildman–Crippen MR) is 46.3 cm³/mol. The van der Waals surface area contributed by atoms with Crippen LogP contribution < -0.4 is 5.73 Å². The summed E-state index contributed by atoms with van der Waals surface area (Å²) >= 11 is 0. The van der Waals surface area contributed by atoms with Crippen LogP contribution in [0.5, 0.6) is 0 Å². The van der Waals surface area contributed by atoms with Crippen LogP contribution in [0, 0.1) is 0 Å². The SMILES string of the molecule is COC(=O)C(N)CCP(=O)(O)OC. The smallest absolute Gasteiger partial charge is 0.327 e. The Labute approximate surface area is 76.5 Å². The molecule has 2 atom stereocenters. The summed E-state index contributed by atoms with van der Waals surface area (Å²) in [7, 11) is -1.23. The molecular weight excluding hydrogens is 197 g/mol. The Hall–Kier alpha value is -0.420. The number of methoxy groups -OCH3 is 1. The van der Waals surface area contributed by atoms with Crippen molar-refractivity contribution >= 4 is 13.6 Å². The summed E-state index contributed by atoms with van der Waals surface area (Å²) < 4.78 is 19.6. The molecular formula is C6H14NO5P. The topological polar surface area (TPSA) is 98.9 Å². The molecule has 0 radical (unpaired) electrons. The lowest BCUT2D eigenvalue weighted by Crippen LogP contribution is -2.32. The molecule has 2 unspecified atom stereocenters. The Morgan fingerprint density at radius 3 is 2.54 bits per heavy atom. The van der Waals surface area contributed by atoms with Gasteiger partial charge in [-0.05, 0) is 6.42 Å². The predicted octanol–water partition coefficient (Wildman–Crippen LogP) is -0.291. The average Bonchev–Trinajstić information content (AvgIpc) is 2.13. The first-order valence-corrected chi connectivity index (χ1v) is 5.40. The zero-order valence-electron chi connectivity index (χ0n) is 7.60. The fourth-order valence-corrected chi connectivity index (χ4v) is 1.45. The van der Waals surface area contributed by atoms with Crippen LogP contribution in [0.2, 0.25) is 0 Å². The Balaban J connectivity index is 3.89. The number of hydrogen-bond donors (Lipinski definition) is 2. The van der Waals surface area contributed by atoms with Gasteiger partial charge in [-0.1, -0.05) is 0 Å². The minimum atomic E-state index is -3.57. The highest BCUT2D eigenvalue weighted by molar-refractivity contribution is 7.52. The van der Waals surface area contributed by atoms with Crippen molar-refractivity contribution in [2.24, 2.45) is 5.73 Å². The molecule has 0 amide bonds. The van der Waals surface area contributed by atoms with Crippen molar-refractivity contribution in [3.05, 3.63) is 0 Å². The molecule has 6 nitrogen and oxygen atoms in total. The molecule has 13 heavy (non-hydrogen) atoms. The van der Waals surface area contributed by atoms with Crippen molar-refractivity contribution in [2.45, 2.75) is 12.5 Å². The quantitative estimate of drug-likeness (QED) is 0.478. The van der Waals surface area contributed by atoms with Crippen molar-refractivity contribution in [3.63, 3.8) is 0 Å². The van der Waals surface area contributed by atoms with Crippen LogP contribution in [0.25, 0.3) is 0 Å². The van der Waals surface area contributed by atoms with Gasteiger partial charge in [-0.2, -0.15) is 0 Å². The van der Waals surface area contributed by atoms with E-state index in [1.807, 2.05) is 0 Å². The second-order valence-corrected chi connectivity index (χ2v) is 4.55. The van der Waals surface area contributed by atoms with E-state index < -0.39 is 19.6 Å². The van der Waals surface area contributed by atoms with Gasteiger partial charge in [-0.3, -0.25) is 9.36 Å². The van der Waals surface area contributed by atoms with E-state index in [9.17, 15) is 9.36 Å². The van der Waals surface area contributed by atoms with Crippen LogP contribution in [-0.4, -0.2) is 37.3 Å². The number of carbonyl (C=O) groups is 1. The normalized spacial score (nSPS) is 17.5. The van der Waals surface area contributed by atoms with Gasteiger partial charge in [0.2, 0.25) is 0 Å². The van der Waals surface area contributed by atoms with Gasteiger partial charge in [0.1, 0.15) is 6.04 Å². The molecule has 0 aromatic rings. The number of ether oxygens (including phenoxy) is 1. The molecule has 0 aromatic carbocycles. The van der Waals surface area contributed by atoms with Crippen molar-refractivity contribution in [1.82, 2.24) is 0 Å². The van der Waals surface area contributed by atoms with Crippen molar-refractivity contribution in [1.29, 1.82) is 0 Å². The molecule has 3 N–H and O–H groups in total. The third kappa shape index (κ3) is 5.00. The zero-order valence-corrected chi connectivity index (χ0v) is 8.49. The average molecular weight is 211 g/mol. The third-order valence-corrected chi connectivity index (χ3v) is 2.91. The van der Waals surface area contributed by atoms with Crippen LogP contribution in [0.1, 0.15) is 6.42 Å². The zero-order chi connectivity index (χ0) is 10.5. The first-order chi connectivity index (χ1) is 5.93. The molecule has 78 valence electrons. The fraction of sp³-hybridized carbons (Fsp3) is 0.833. The van der Waals surface area contributed by atoms with Gasteiger partial charge in [0.25, 0.3) is 0 Å². The second-order valence-electron chi connectivity index (χ2n) is 2.46. The summed E-state index contributed by atoms with van der Waals surface area (Å²) in [6.07, 6.45) is -0.0892. The molecule has 0 aliphatic heterocycles. The lowest BCUT2D eigenvalue weighted by atomic mass is 10.2. The van der Waals surface area contributed by atoms with E-state index in [-0.39, 0.29) is 12.6 Å². The van der Waals surface area contributed by atoms with Crippen molar-refractivity contribution in [2.75, 3.05) is 20.4 Å². The van der Waals surface area contributed by atoms with Crippen LogP contribution in [-0.2, 0) is 18.6 Å². The molecule has 0 bridgehead atoms. The Morgan fingerprint density at radius 1 is 1.62 bits per heavy atom. The molecule has 0 aliphatic carbocycles. The number of esters is 1. The second kappa shape index (κ2) is 5.34. The first-order valence-electron chi connectivity index (χ1n) is 3.64. The van der Waals surface area contributed by atoms with Gasteiger partial charge < -0.3 is 19.9 Å². The lowest BCUT2D eigenvalue weighted by molar-refractivity contribution is -0.142. The van der Waals surface area contributed by atoms with Crippen molar-refractivity contribution < 1.29 is 23.5 Å². The molecule has 0 aromatic heterocycles. The minimum Gasteiger partial charge on any atom is -0.468 e. The Bertz CT molecular complexity index is 219. The number of carbonyl (C=O) groups excluding carboxylic acids is 1. The maximum atomic E-state index is 10.9. The van der Waals surface area contributed by atoms with E-state index in [0.717, 1.165) is 7.11 Å². The Morgan fingerprint density at radius 2 is 2.15 bits per heavy atom. The summed E-state index contributed by atoms with van der Waals surface area (Å²) in [6.45, 7) is 0. The molecule has 0 fully saturated rings. The van der Waals surface area contributed by atoms with Gasteiger partial charge in [-0.15, -0.1) is 0 Å². The van der Waals surface area contributed by atoms with E-state index in [1.54, 1.807) is 0 Å². The lowest BCUT2D eigenvalue weighted by Gasteiger charge is -2.11. The summed E-state index contributed by atoms with van der Waals surface area (Å²) in [6, 6.07) is -0.874. The van der Waals surface area contributed by atoms with Crippen molar-refractivity contribution in [3.8, 4) is 0 Å². The largest absolute Gasteiger partial charge is 0.468 e. The molecule has 0 saturated carbocycles. The minimum absolute atomic E-state index is 0.0638. The first kappa shape index (κ1) is 12.6. The third-order valence-electron chi connectivity index (χ3n) is 1.51. The molecule has 0 heterocycles. The number of rotatable bonds is 5. The molecule has 7 heteroatoms. The molecule has 0 saturated heterocycles. The fourth-order valence-electron chi connectivity index (χ4n) is 0.663. The van der Waals surface area contributed by atoms with Crippen LogP contribution in [0.15, 0.2) is 0 Å². The number of hydrogen-bond acceptors (Lipinski definition) is 5. The summed E-state index contributed by atoms with van der Waals surface area (Å²) in [5.41, 5.74) is 5.33. The highest BCUT2D eigenvalue weighted by Gasteiger charge is 2.22. The highest BCUT2D eigenvalue weighted by Crippen LogP contribution is 2.41. The van der Waals surface area contributed by atoms with Crippen LogP contribution in [0.4, 0.5) is 0 Å². The molecule has 0 spiro atoms. The Kier molecular flexibility index (Phi) is 5.17. The summed E-state index contributed by atoms with van der Waals surface area (Å²) in [5.74, 6) is -0.601. The maximum Gasteiger partial charge on any atom is 0.327 e. The van der Waals surface area contributed by atoms with E-state index in [0.29, 0.717) is 0 Å². The van der Waals surface area contributed by atoms with Crippen LogP contribution in [0.3, 0.4) is 0 Å². The van der Waals surface area contributed by atoms with E-state index in [2.05, 4.69) is 9.26 Å². The van der Waals surface area contributed by atoms with Gasteiger partial charge >= 0.3 is 13.6 Å². The van der Waals surface area contributed by atoms with E-state index >= 15 is 0 Å². The van der Waals surface area contributed by atoms with Gasteiger partial charge in [0.05, 0.1) is 13.3 Å². The highest BCUT2D eigenvalue weighted by atomic mass is 31.2. The molecule has 0 aliphatic rings. The van der Waals surface area contributed by atoms with Crippen LogP contribution >= 0.6 is 7.60 Å². The van der Waals surface area contributed by atoms with E-state index in [4.69, 9.17) is 10.6 Å². The maximum absolute atomic E-state index is 10.9. The van der Waals surface area contributed by atoms with Gasteiger partial charge in [0.15, 0.2) is 0 Å². The van der Waals surface area contributed by atoms with Gasteiger partial charge in [-0.25, -0.2) is 0 Å². The summed E-state index contributed by atoms with van der Waals surface area (Å²) in [4.78, 5) is 19.7. The standard InChI is InChI=1S/C6H14NO5P/c1-11-6(8)5(7)3-4-13(9,10)12-2/h5H,3-4,7H2,1-2H3,(H,9,10). The van der Waals surface area contributed by atoms with E-state index in [1.165, 1.54) is 7.11 Å². The summed E-state index contributed by atoms with van der Waals surface area (Å²) in [5, 5.41) is 0. The number of nitrogens with two attached hydrogens (primary N) is 1.